The summed E-state index contributed by atoms with van der Waals surface area (Å²) in [4.78, 5) is 9.01. The summed E-state index contributed by atoms with van der Waals surface area (Å²) in [6.45, 7) is 5.76. The fraction of sp³-hybridized carbons (Fsp3) is 0.438. The summed E-state index contributed by atoms with van der Waals surface area (Å²) in [6.07, 6.45) is 3.93. The van der Waals surface area contributed by atoms with Crippen molar-refractivity contribution >= 4 is 22.1 Å². The zero-order valence-electron chi connectivity index (χ0n) is 12.8. The fourth-order valence-electron chi connectivity index (χ4n) is 2.84. The molecule has 2 heterocycles. The van der Waals surface area contributed by atoms with E-state index in [0.717, 1.165) is 42.9 Å². The van der Waals surface area contributed by atoms with Crippen molar-refractivity contribution in [1.29, 1.82) is 0 Å². The van der Waals surface area contributed by atoms with Gasteiger partial charge in [0.15, 0.2) is 0 Å². The standard InChI is InChI=1S/C16H21BrN4O/c1-22-15-3-2-14(17)10-13(15)11-20-6-8-21(9-7-20)16-4-5-18-12-19-16/h2-5,10,19H,6-9,11-12H2,1H3. The number of hydrogen-bond acceptors (Lipinski definition) is 5. The van der Waals surface area contributed by atoms with E-state index in [2.05, 4.69) is 48.2 Å². The van der Waals surface area contributed by atoms with Crippen LogP contribution >= 0.6 is 15.9 Å². The predicted octanol–water partition coefficient (Wildman–Crippen LogP) is 2.05. The zero-order valence-corrected chi connectivity index (χ0v) is 14.3. The molecule has 1 saturated heterocycles. The van der Waals surface area contributed by atoms with Gasteiger partial charge < -0.3 is 15.0 Å². The predicted molar refractivity (Wildman–Crippen MR) is 92.1 cm³/mol. The van der Waals surface area contributed by atoms with Gasteiger partial charge in [-0.15, -0.1) is 0 Å². The molecule has 0 atom stereocenters. The maximum absolute atomic E-state index is 5.47. The monoisotopic (exact) mass is 364 g/mol. The van der Waals surface area contributed by atoms with Crippen LogP contribution in [-0.2, 0) is 6.54 Å². The van der Waals surface area contributed by atoms with Crippen LogP contribution in [0.5, 0.6) is 5.75 Å². The molecular formula is C16H21BrN4O. The second kappa shape index (κ2) is 7.15. The number of halogens is 1. The largest absolute Gasteiger partial charge is 0.496 e. The van der Waals surface area contributed by atoms with Crippen LogP contribution in [0, 0.1) is 0 Å². The molecule has 0 bridgehead atoms. The Balaban J connectivity index is 1.59. The van der Waals surface area contributed by atoms with Crippen LogP contribution in [0.4, 0.5) is 0 Å². The van der Waals surface area contributed by atoms with E-state index >= 15 is 0 Å². The number of piperazine rings is 1. The molecule has 118 valence electrons. The van der Waals surface area contributed by atoms with Crippen molar-refractivity contribution in [3.05, 3.63) is 40.1 Å². The summed E-state index contributed by atoms with van der Waals surface area (Å²) in [7, 11) is 1.73. The average molecular weight is 365 g/mol. The van der Waals surface area contributed by atoms with Crippen LogP contribution in [0.1, 0.15) is 5.56 Å². The number of methoxy groups -OCH3 is 1. The molecule has 0 spiro atoms. The van der Waals surface area contributed by atoms with Gasteiger partial charge in [0.1, 0.15) is 18.2 Å². The van der Waals surface area contributed by atoms with Crippen molar-refractivity contribution in [2.24, 2.45) is 4.99 Å². The Labute approximate surface area is 139 Å². The number of rotatable bonds is 4. The molecule has 0 aliphatic carbocycles. The number of nitrogens with zero attached hydrogens (tertiary/aromatic N) is 3. The maximum atomic E-state index is 5.47. The van der Waals surface area contributed by atoms with Crippen molar-refractivity contribution in [2.75, 3.05) is 40.0 Å². The SMILES string of the molecule is COc1ccc(Br)cc1CN1CCN(C2=CC=NCN2)CC1. The maximum Gasteiger partial charge on any atom is 0.123 e. The summed E-state index contributed by atoms with van der Waals surface area (Å²) in [5, 5.41) is 3.32. The van der Waals surface area contributed by atoms with Gasteiger partial charge in [-0.2, -0.15) is 0 Å². The van der Waals surface area contributed by atoms with Gasteiger partial charge in [-0.25, -0.2) is 0 Å². The highest BCUT2D eigenvalue weighted by molar-refractivity contribution is 9.10. The minimum atomic E-state index is 0.682. The summed E-state index contributed by atoms with van der Waals surface area (Å²) in [5.74, 6) is 2.15. The number of benzene rings is 1. The highest BCUT2D eigenvalue weighted by Gasteiger charge is 2.20. The third kappa shape index (κ3) is 3.62. The average Bonchev–Trinajstić information content (AvgIpc) is 2.57. The highest BCUT2D eigenvalue weighted by Crippen LogP contribution is 2.25. The van der Waals surface area contributed by atoms with Crippen LogP contribution in [0.3, 0.4) is 0 Å². The molecule has 3 rings (SSSR count). The topological polar surface area (TPSA) is 40.1 Å². The van der Waals surface area contributed by atoms with E-state index < -0.39 is 0 Å². The van der Waals surface area contributed by atoms with Crippen molar-refractivity contribution in [1.82, 2.24) is 15.1 Å². The second-order valence-corrected chi connectivity index (χ2v) is 6.35. The van der Waals surface area contributed by atoms with Gasteiger partial charge in [-0.05, 0) is 24.3 Å². The van der Waals surface area contributed by atoms with Gasteiger partial charge >= 0.3 is 0 Å². The van der Waals surface area contributed by atoms with Crippen LogP contribution in [0.25, 0.3) is 0 Å². The zero-order chi connectivity index (χ0) is 15.4. The molecule has 0 saturated carbocycles. The fourth-order valence-corrected chi connectivity index (χ4v) is 3.25. The van der Waals surface area contributed by atoms with E-state index in [1.165, 1.54) is 11.4 Å². The van der Waals surface area contributed by atoms with Gasteiger partial charge in [-0.3, -0.25) is 9.89 Å². The Morgan fingerprint density at radius 2 is 2.09 bits per heavy atom. The molecule has 6 heteroatoms. The Hall–Kier alpha value is -1.53. The molecule has 0 radical (unpaired) electrons. The summed E-state index contributed by atoms with van der Waals surface area (Å²) in [6, 6.07) is 6.18. The Bertz CT molecular complexity index is 580. The number of allylic oxidation sites excluding steroid dienone is 1. The van der Waals surface area contributed by atoms with Crippen molar-refractivity contribution in [3.8, 4) is 5.75 Å². The number of hydrogen-bond donors (Lipinski definition) is 1. The molecule has 0 aromatic heterocycles. The first-order valence-electron chi connectivity index (χ1n) is 7.50. The normalized spacial score (nSPS) is 18.8. The van der Waals surface area contributed by atoms with E-state index in [-0.39, 0.29) is 0 Å². The van der Waals surface area contributed by atoms with Crippen molar-refractivity contribution in [3.63, 3.8) is 0 Å². The molecule has 1 fully saturated rings. The van der Waals surface area contributed by atoms with Gasteiger partial charge in [0.2, 0.25) is 0 Å². The molecule has 2 aliphatic heterocycles. The Morgan fingerprint density at radius 1 is 1.27 bits per heavy atom. The van der Waals surface area contributed by atoms with Gasteiger partial charge in [0, 0.05) is 49.0 Å². The first-order chi connectivity index (χ1) is 10.8. The molecule has 5 nitrogen and oxygen atoms in total. The van der Waals surface area contributed by atoms with E-state index in [1.54, 1.807) is 7.11 Å². The smallest absolute Gasteiger partial charge is 0.123 e. The van der Waals surface area contributed by atoms with Crippen molar-refractivity contribution < 1.29 is 4.74 Å². The summed E-state index contributed by atoms with van der Waals surface area (Å²) in [5.41, 5.74) is 1.23. The molecule has 2 aliphatic rings. The summed E-state index contributed by atoms with van der Waals surface area (Å²) >= 11 is 3.54. The van der Waals surface area contributed by atoms with Crippen molar-refractivity contribution in [2.45, 2.75) is 6.54 Å². The quantitative estimate of drug-likeness (QED) is 0.887. The first-order valence-corrected chi connectivity index (χ1v) is 8.29. The molecular weight excluding hydrogens is 344 g/mol. The van der Waals surface area contributed by atoms with Gasteiger partial charge in [0.25, 0.3) is 0 Å². The third-order valence-corrected chi connectivity index (χ3v) is 4.53. The minimum absolute atomic E-state index is 0.682. The molecule has 22 heavy (non-hydrogen) atoms. The van der Waals surface area contributed by atoms with Gasteiger partial charge in [0.05, 0.1) is 7.11 Å². The summed E-state index contributed by atoms with van der Waals surface area (Å²) < 4.78 is 6.56. The lowest BCUT2D eigenvalue weighted by Crippen LogP contribution is -2.48. The van der Waals surface area contributed by atoms with Crippen LogP contribution in [0.2, 0.25) is 0 Å². The van der Waals surface area contributed by atoms with Crippen LogP contribution < -0.4 is 10.1 Å². The number of nitrogens with one attached hydrogen (secondary N) is 1. The lowest BCUT2D eigenvalue weighted by molar-refractivity contribution is 0.145. The van der Waals surface area contributed by atoms with E-state index in [0.29, 0.717) is 6.67 Å². The van der Waals surface area contributed by atoms with E-state index in [1.807, 2.05) is 18.3 Å². The second-order valence-electron chi connectivity index (χ2n) is 5.44. The van der Waals surface area contributed by atoms with Gasteiger partial charge in [-0.1, -0.05) is 15.9 Å². The number of aliphatic imine (C=N–C) groups is 1. The number of ether oxygens (including phenoxy) is 1. The molecule has 1 aromatic carbocycles. The van der Waals surface area contributed by atoms with Crippen LogP contribution in [0.15, 0.2) is 39.6 Å². The molecule has 0 unspecified atom stereocenters. The molecule has 1 N–H and O–H groups in total. The third-order valence-electron chi connectivity index (χ3n) is 4.04. The molecule has 1 aromatic rings. The van der Waals surface area contributed by atoms with E-state index in [4.69, 9.17) is 4.74 Å². The lowest BCUT2D eigenvalue weighted by atomic mass is 10.1. The lowest BCUT2D eigenvalue weighted by Gasteiger charge is -2.37. The molecule has 0 amide bonds. The Morgan fingerprint density at radius 3 is 2.77 bits per heavy atom. The Kier molecular flexibility index (Phi) is 5.00. The first kappa shape index (κ1) is 15.4. The highest BCUT2D eigenvalue weighted by atomic mass is 79.9. The minimum Gasteiger partial charge on any atom is -0.496 e. The van der Waals surface area contributed by atoms with E-state index in [9.17, 15) is 0 Å². The van der Waals surface area contributed by atoms with Crippen LogP contribution in [-0.4, -0.2) is 56.0 Å².